The minimum atomic E-state index is -0.651. The third kappa shape index (κ3) is 3.85. The van der Waals surface area contributed by atoms with Crippen LogP contribution in [0.4, 0.5) is 5.69 Å². The number of benzene rings is 1. The summed E-state index contributed by atoms with van der Waals surface area (Å²) in [5, 5.41) is 12.7. The van der Waals surface area contributed by atoms with Gasteiger partial charge in [-0.3, -0.25) is 19.3 Å². The molecule has 3 N–H and O–H groups in total. The molecule has 1 aromatic carbocycles. The van der Waals surface area contributed by atoms with Crippen molar-refractivity contribution in [3.63, 3.8) is 0 Å². The van der Waals surface area contributed by atoms with Gasteiger partial charge in [0.15, 0.2) is 0 Å². The first-order valence-corrected chi connectivity index (χ1v) is 8.01. The molecule has 0 saturated carbocycles. The highest BCUT2D eigenvalue weighted by molar-refractivity contribution is 6.40. The van der Waals surface area contributed by atoms with Gasteiger partial charge in [0, 0.05) is 26.2 Å². The van der Waals surface area contributed by atoms with Crippen molar-refractivity contribution in [2.75, 3.05) is 11.6 Å². The molecule has 1 aliphatic rings. The summed E-state index contributed by atoms with van der Waals surface area (Å²) in [4.78, 5) is 24.1. The van der Waals surface area contributed by atoms with E-state index in [1.807, 2.05) is 43.6 Å². The van der Waals surface area contributed by atoms with Crippen molar-refractivity contribution in [2.45, 2.75) is 18.9 Å². The number of para-hydroxylation sites is 1. The molecule has 8 heteroatoms. The Morgan fingerprint density at radius 1 is 1.32 bits per heavy atom. The Morgan fingerprint density at radius 3 is 2.72 bits per heavy atom. The van der Waals surface area contributed by atoms with E-state index in [2.05, 4.69) is 15.5 Å². The Labute approximate surface area is 145 Å². The number of hydrazone groups is 1. The molecule has 1 aromatic heterocycles. The van der Waals surface area contributed by atoms with E-state index in [0.29, 0.717) is 18.7 Å². The fourth-order valence-corrected chi connectivity index (χ4v) is 2.71. The summed E-state index contributed by atoms with van der Waals surface area (Å²) in [6.45, 7) is 0.468. The Morgan fingerprint density at radius 2 is 2.08 bits per heavy atom. The van der Waals surface area contributed by atoms with Crippen LogP contribution in [0.2, 0.25) is 0 Å². The van der Waals surface area contributed by atoms with Gasteiger partial charge in [-0.05, 0) is 24.1 Å². The van der Waals surface area contributed by atoms with Gasteiger partial charge in [-0.15, -0.1) is 0 Å². The number of aromatic nitrogens is 2. The highest BCUT2D eigenvalue weighted by Crippen LogP contribution is 2.24. The van der Waals surface area contributed by atoms with Crippen LogP contribution in [0.1, 0.15) is 12.0 Å². The van der Waals surface area contributed by atoms with Crippen LogP contribution in [0.15, 0.2) is 47.8 Å². The maximum absolute atomic E-state index is 12.3. The monoisotopic (exact) mass is 340 g/mol. The number of aryl methyl sites for hydroxylation is 1. The topological polar surface area (TPSA) is 106 Å². The maximum Gasteiger partial charge on any atom is 0.267 e. The fraction of sp³-hybridized carbons (Fsp3) is 0.294. The predicted octanol–water partition coefficient (Wildman–Crippen LogP) is 0.199. The fourth-order valence-electron chi connectivity index (χ4n) is 2.71. The van der Waals surface area contributed by atoms with E-state index < -0.39 is 11.9 Å². The second-order valence-corrected chi connectivity index (χ2v) is 5.88. The molecule has 2 amide bonds. The van der Waals surface area contributed by atoms with Gasteiger partial charge in [-0.25, -0.2) is 0 Å². The molecular weight excluding hydrogens is 320 g/mol. The van der Waals surface area contributed by atoms with E-state index in [1.165, 1.54) is 5.01 Å². The minimum Gasteiger partial charge on any atom is -0.368 e. The molecule has 0 unspecified atom stereocenters. The van der Waals surface area contributed by atoms with E-state index in [9.17, 15) is 9.59 Å². The Balaban J connectivity index is 1.64. The molecule has 8 nitrogen and oxygen atoms in total. The number of rotatable bonds is 6. The number of anilines is 1. The summed E-state index contributed by atoms with van der Waals surface area (Å²) in [6, 6.07) is 8.55. The quantitative estimate of drug-likeness (QED) is 0.783. The van der Waals surface area contributed by atoms with Crippen molar-refractivity contribution in [3.05, 3.63) is 48.3 Å². The number of carbonyl (C=O) groups is 2. The van der Waals surface area contributed by atoms with Gasteiger partial charge in [0.1, 0.15) is 11.8 Å². The normalized spacial score (nSPS) is 16.6. The Kier molecular flexibility index (Phi) is 4.78. The SMILES string of the molecule is Cn1cc(CCNC(=O)C2=NN(c3ccccc3)[C@@H](C(N)=O)C2)cn1. The number of carbonyl (C=O) groups excluding carboxylic acids is 2. The molecule has 0 aliphatic carbocycles. The van der Waals surface area contributed by atoms with E-state index in [1.54, 1.807) is 10.9 Å². The predicted molar refractivity (Wildman–Crippen MR) is 93.9 cm³/mol. The molecule has 2 aromatic rings. The van der Waals surface area contributed by atoms with E-state index in [-0.39, 0.29) is 12.3 Å². The largest absolute Gasteiger partial charge is 0.368 e. The van der Waals surface area contributed by atoms with Crippen molar-refractivity contribution in [1.29, 1.82) is 0 Å². The lowest BCUT2D eigenvalue weighted by Crippen LogP contribution is -2.40. The summed E-state index contributed by atoms with van der Waals surface area (Å²) in [7, 11) is 1.84. The van der Waals surface area contributed by atoms with Crippen LogP contribution >= 0.6 is 0 Å². The highest BCUT2D eigenvalue weighted by Gasteiger charge is 2.34. The molecule has 0 spiro atoms. The molecule has 1 aliphatic heterocycles. The van der Waals surface area contributed by atoms with Gasteiger partial charge in [-0.1, -0.05) is 18.2 Å². The molecule has 0 fully saturated rings. The zero-order chi connectivity index (χ0) is 17.8. The summed E-state index contributed by atoms with van der Waals surface area (Å²) >= 11 is 0. The molecule has 0 bridgehead atoms. The third-order valence-electron chi connectivity index (χ3n) is 3.98. The lowest BCUT2D eigenvalue weighted by atomic mass is 10.1. The molecule has 1 atom stereocenters. The van der Waals surface area contributed by atoms with Gasteiger partial charge >= 0.3 is 0 Å². The lowest BCUT2D eigenvalue weighted by molar-refractivity contribution is -0.119. The molecule has 0 saturated heterocycles. The van der Waals surface area contributed by atoms with E-state index in [0.717, 1.165) is 11.3 Å². The Hall–Kier alpha value is -3.16. The first-order valence-electron chi connectivity index (χ1n) is 8.01. The molecule has 2 heterocycles. The second kappa shape index (κ2) is 7.16. The number of primary amides is 1. The molecule has 25 heavy (non-hydrogen) atoms. The molecular formula is C17H20N6O2. The zero-order valence-corrected chi connectivity index (χ0v) is 13.9. The summed E-state index contributed by atoms with van der Waals surface area (Å²) < 4.78 is 1.72. The standard InChI is InChI=1S/C17H20N6O2/c1-22-11-12(10-20-22)7-8-19-17(25)14-9-15(16(18)24)23(21-14)13-5-3-2-4-6-13/h2-6,10-11,15H,7-9H2,1H3,(H2,18,24)(H,19,25)/t15-/m1/s1. The van der Waals surface area contributed by atoms with E-state index in [4.69, 9.17) is 5.73 Å². The number of hydrogen-bond acceptors (Lipinski definition) is 5. The van der Waals surface area contributed by atoms with Crippen LogP contribution in [0, 0.1) is 0 Å². The van der Waals surface area contributed by atoms with Gasteiger partial charge < -0.3 is 11.1 Å². The van der Waals surface area contributed by atoms with Crippen molar-refractivity contribution < 1.29 is 9.59 Å². The van der Waals surface area contributed by atoms with Crippen molar-refractivity contribution in [3.8, 4) is 0 Å². The van der Waals surface area contributed by atoms with Crippen LogP contribution in [0.3, 0.4) is 0 Å². The van der Waals surface area contributed by atoms with Gasteiger partial charge in [-0.2, -0.15) is 10.2 Å². The summed E-state index contributed by atoms with van der Waals surface area (Å²) in [5.74, 6) is -0.792. The first-order chi connectivity index (χ1) is 12.0. The molecule has 0 radical (unpaired) electrons. The number of hydrogen-bond donors (Lipinski definition) is 2. The van der Waals surface area contributed by atoms with Crippen LogP contribution in [-0.4, -0.2) is 39.9 Å². The van der Waals surface area contributed by atoms with E-state index >= 15 is 0 Å². The average Bonchev–Trinajstić information content (AvgIpc) is 3.22. The van der Waals surface area contributed by atoms with Gasteiger partial charge in [0.2, 0.25) is 5.91 Å². The van der Waals surface area contributed by atoms with Crippen LogP contribution in [0.25, 0.3) is 0 Å². The second-order valence-electron chi connectivity index (χ2n) is 5.88. The number of nitrogens with two attached hydrogens (primary N) is 1. The first kappa shape index (κ1) is 16.7. The number of nitrogens with one attached hydrogen (secondary N) is 1. The zero-order valence-electron chi connectivity index (χ0n) is 13.9. The van der Waals surface area contributed by atoms with Gasteiger partial charge in [0.05, 0.1) is 11.9 Å². The Bertz CT molecular complexity index is 798. The van der Waals surface area contributed by atoms with Crippen molar-refractivity contribution in [1.82, 2.24) is 15.1 Å². The molecule has 130 valence electrons. The molecule has 3 rings (SSSR count). The van der Waals surface area contributed by atoms with Crippen LogP contribution in [-0.2, 0) is 23.1 Å². The van der Waals surface area contributed by atoms with Gasteiger partial charge in [0.25, 0.3) is 5.91 Å². The van der Waals surface area contributed by atoms with Crippen LogP contribution < -0.4 is 16.1 Å². The summed E-state index contributed by atoms with van der Waals surface area (Å²) in [6.07, 6.45) is 4.54. The number of amides is 2. The smallest absolute Gasteiger partial charge is 0.267 e. The van der Waals surface area contributed by atoms with Crippen molar-refractivity contribution in [2.24, 2.45) is 17.9 Å². The lowest BCUT2D eigenvalue weighted by Gasteiger charge is -2.20. The third-order valence-corrected chi connectivity index (χ3v) is 3.98. The summed E-state index contributed by atoms with van der Waals surface area (Å²) in [5.41, 5.74) is 7.54. The van der Waals surface area contributed by atoms with Crippen molar-refractivity contribution >= 4 is 23.2 Å². The van der Waals surface area contributed by atoms with Crippen LogP contribution in [0.5, 0.6) is 0 Å². The highest BCUT2D eigenvalue weighted by atomic mass is 16.2. The maximum atomic E-state index is 12.3. The average molecular weight is 340 g/mol. The minimum absolute atomic E-state index is 0.197. The number of nitrogens with zero attached hydrogens (tertiary/aromatic N) is 4.